The molecular formula is C25H26ClFN8S. The fourth-order valence-electron chi connectivity index (χ4n) is 5.35. The van der Waals surface area contributed by atoms with Crippen LogP contribution in [0.4, 0.5) is 21.8 Å². The summed E-state index contributed by atoms with van der Waals surface area (Å²) in [6, 6.07) is 8.60. The first-order chi connectivity index (χ1) is 17.4. The molecule has 0 aliphatic carbocycles. The third kappa shape index (κ3) is 4.03. The van der Waals surface area contributed by atoms with Gasteiger partial charge in [0.1, 0.15) is 11.6 Å². The van der Waals surface area contributed by atoms with E-state index in [1.54, 1.807) is 12.4 Å². The molecule has 6 rings (SSSR count). The molecule has 4 N–H and O–H groups in total. The Balaban J connectivity index is 1.20. The average molecular weight is 525 g/mol. The summed E-state index contributed by atoms with van der Waals surface area (Å²) in [5, 5.41) is 0.431. The summed E-state index contributed by atoms with van der Waals surface area (Å²) < 4.78 is 15.4. The summed E-state index contributed by atoms with van der Waals surface area (Å²) >= 11 is 7.82. The zero-order chi connectivity index (χ0) is 24.9. The molecule has 0 bridgehead atoms. The zero-order valence-electron chi connectivity index (χ0n) is 19.5. The zero-order valence-corrected chi connectivity index (χ0v) is 21.1. The van der Waals surface area contributed by atoms with Crippen LogP contribution in [-0.2, 0) is 0 Å². The maximum absolute atomic E-state index is 13.4. The normalized spacial score (nSPS) is 19.5. The summed E-state index contributed by atoms with van der Waals surface area (Å²) in [6.45, 7) is 3.37. The van der Waals surface area contributed by atoms with Crippen LogP contribution >= 0.6 is 23.4 Å². The van der Waals surface area contributed by atoms with E-state index in [4.69, 9.17) is 28.1 Å². The van der Waals surface area contributed by atoms with E-state index in [1.165, 1.54) is 23.9 Å². The van der Waals surface area contributed by atoms with Crippen LogP contribution in [0.25, 0.3) is 5.65 Å². The predicted octanol–water partition coefficient (Wildman–Crippen LogP) is 4.08. The third-order valence-corrected chi connectivity index (χ3v) is 9.00. The summed E-state index contributed by atoms with van der Waals surface area (Å²) in [5.74, 6) is 0.945. The van der Waals surface area contributed by atoms with Gasteiger partial charge in [-0.15, -0.1) is 0 Å². The lowest BCUT2D eigenvalue weighted by Gasteiger charge is -2.42. The molecule has 0 unspecified atom stereocenters. The molecule has 1 aromatic carbocycles. The van der Waals surface area contributed by atoms with Gasteiger partial charge >= 0.3 is 0 Å². The van der Waals surface area contributed by atoms with E-state index < -0.39 is 0 Å². The van der Waals surface area contributed by atoms with E-state index in [2.05, 4.69) is 19.8 Å². The number of hydrogen-bond acceptors (Lipinski definition) is 8. The van der Waals surface area contributed by atoms with E-state index in [9.17, 15) is 4.39 Å². The molecule has 1 spiro atoms. The standard InChI is InChI=1S/C25H26ClFN8S/c26-21-18(5-8-30-22(21)29)36-19-13-32-24(35-12-9-31-23(19)35)33-10-6-25(7-11-33)15-34(14-20(25)28)17-3-1-16(27)2-4-17/h1-5,8-9,12-13,20H,6-7,10-11,14-15,28H2,(H2,29,30)/t20-/m1/s1. The number of benzene rings is 1. The van der Waals surface area contributed by atoms with Crippen LogP contribution in [-0.4, -0.2) is 51.6 Å². The first-order valence-corrected chi connectivity index (χ1v) is 13.0. The van der Waals surface area contributed by atoms with E-state index in [-0.39, 0.29) is 17.3 Å². The molecule has 2 fully saturated rings. The molecule has 11 heteroatoms. The summed E-state index contributed by atoms with van der Waals surface area (Å²) in [4.78, 5) is 19.7. The summed E-state index contributed by atoms with van der Waals surface area (Å²) in [7, 11) is 0. The topological polar surface area (TPSA) is 102 Å². The van der Waals surface area contributed by atoms with Crippen LogP contribution in [0.1, 0.15) is 12.8 Å². The van der Waals surface area contributed by atoms with Gasteiger partial charge in [-0.05, 0) is 43.2 Å². The number of rotatable bonds is 4. The molecule has 2 aliphatic rings. The number of nitrogens with zero attached hydrogens (tertiary/aromatic N) is 6. The van der Waals surface area contributed by atoms with Crippen LogP contribution in [0.3, 0.4) is 0 Å². The second-order valence-electron chi connectivity index (χ2n) is 9.47. The number of anilines is 3. The highest BCUT2D eigenvalue weighted by Crippen LogP contribution is 2.43. The Kier molecular flexibility index (Phi) is 5.89. The molecule has 36 heavy (non-hydrogen) atoms. The number of nitrogen functional groups attached to an aromatic ring is 1. The summed E-state index contributed by atoms with van der Waals surface area (Å²) in [6.07, 6.45) is 9.14. The van der Waals surface area contributed by atoms with Crippen molar-refractivity contribution < 1.29 is 4.39 Å². The van der Waals surface area contributed by atoms with Gasteiger partial charge in [-0.3, -0.25) is 4.40 Å². The Labute approximate surface area is 217 Å². The first-order valence-electron chi connectivity index (χ1n) is 11.8. The molecule has 0 saturated carbocycles. The van der Waals surface area contributed by atoms with Gasteiger partial charge in [0.05, 0.1) is 9.92 Å². The van der Waals surface area contributed by atoms with Crippen molar-refractivity contribution in [1.82, 2.24) is 19.4 Å². The minimum absolute atomic E-state index is 0.0345. The van der Waals surface area contributed by atoms with E-state index >= 15 is 0 Å². The van der Waals surface area contributed by atoms with Gasteiger partial charge in [0.2, 0.25) is 5.95 Å². The van der Waals surface area contributed by atoms with Crippen molar-refractivity contribution >= 4 is 46.5 Å². The van der Waals surface area contributed by atoms with Gasteiger partial charge < -0.3 is 21.3 Å². The smallest absolute Gasteiger partial charge is 0.211 e. The number of piperidine rings is 1. The molecule has 186 valence electrons. The van der Waals surface area contributed by atoms with Crippen molar-refractivity contribution in [1.29, 1.82) is 0 Å². The van der Waals surface area contributed by atoms with Crippen LogP contribution < -0.4 is 21.3 Å². The fraction of sp³-hybridized carbons (Fsp3) is 0.320. The number of hydrogen-bond donors (Lipinski definition) is 2. The minimum Gasteiger partial charge on any atom is -0.382 e. The Hall–Kier alpha value is -3.08. The highest BCUT2D eigenvalue weighted by molar-refractivity contribution is 7.99. The number of nitrogens with two attached hydrogens (primary N) is 2. The maximum atomic E-state index is 13.4. The Morgan fingerprint density at radius 3 is 2.56 bits per heavy atom. The minimum atomic E-state index is -0.221. The molecule has 2 aliphatic heterocycles. The third-order valence-electron chi connectivity index (χ3n) is 7.42. The van der Waals surface area contributed by atoms with Crippen LogP contribution in [0.15, 0.2) is 64.9 Å². The Bertz CT molecular complexity index is 1400. The Morgan fingerprint density at radius 1 is 1.00 bits per heavy atom. The van der Waals surface area contributed by atoms with Crippen molar-refractivity contribution in [2.75, 3.05) is 41.7 Å². The number of aromatic nitrogens is 4. The van der Waals surface area contributed by atoms with Crippen molar-refractivity contribution in [2.24, 2.45) is 11.1 Å². The van der Waals surface area contributed by atoms with Crippen molar-refractivity contribution in [2.45, 2.75) is 28.7 Å². The molecule has 3 aromatic heterocycles. The quantitative estimate of drug-likeness (QED) is 0.412. The predicted molar refractivity (Wildman–Crippen MR) is 141 cm³/mol. The average Bonchev–Trinajstić information content (AvgIpc) is 3.49. The Morgan fingerprint density at radius 2 is 1.78 bits per heavy atom. The van der Waals surface area contributed by atoms with Gasteiger partial charge in [-0.2, -0.15) is 0 Å². The van der Waals surface area contributed by atoms with Gasteiger partial charge in [0.15, 0.2) is 5.65 Å². The lowest BCUT2D eigenvalue weighted by molar-refractivity contribution is 0.219. The van der Waals surface area contributed by atoms with Gasteiger partial charge in [-0.25, -0.2) is 19.3 Å². The molecule has 5 heterocycles. The lowest BCUT2D eigenvalue weighted by atomic mass is 9.75. The van der Waals surface area contributed by atoms with Gasteiger partial charge in [-0.1, -0.05) is 23.4 Å². The van der Waals surface area contributed by atoms with E-state index in [0.717, 1.165) is 66.1 Å². The van der Waals surface area contributed by atoms with Crippen LogP contribution in [0, 0.1) is 11.2 Å². The second kappa shape index (κ2) is 9.10. The first kappa shape index (κ1) is 23.3. The van der Waals surface area contributed by atoms with Crippen molar-refractivity contribution in [3.63, 3.8) is 0 Å². The van der Waals surface area contributed by atoms with E-state index in [0.29, 0.717) is 10.8 Å². The SMILES string of the molecule is Nc1nccc(Sc2cnc(N3CCC4(CC3)CN(c3ccc(F)cc3)C[C@H]4N)n3ccnc23)c1Cl. The maximum Gasteiger partial charge on any atom is 0.211 e. The number of pyridine rings is 1. The monoisotopic (exact) mass is 524 g/mol. The molecule has 0 amide bonds. The number of halogens is 2. The largest absolute Gasteiger partial charge is 0.382 e. The number of fused-ring (bicyclic) bond motifs is 1. The number of imidazole rings is 1. The van der Waals surface area contributed by atoms with Crippen LogP contribution in [0.2, 0.25) is 5.02 Å². The van der Waals surface area contributed by atoms with Crippen LogP contribution in [0.5, 0.6) is 0 Å². The summed E-state index contributed by atoms with van der Waals surface area (Å²) in [5.41, 5.74) is 14.4. The van der Waals surface area contributed by atoms with E-state index in [1.807, 2.05) is 35.0 Å². The highest BCUT2D eigenvalue weighted by atomic mass is 35.5. The lowest BCUT2D eigenvalue weighted by Crippen LogP contribution is -2.49. The molecule has 8 nitrogen and oxygen atoms in total. The van der Waals surface area contributed by atoms with Gasteiger partial charge in [0, 0.05) is 73.0 Å². The molecular weight excluding hydrogens is 499 g/mol. The van der Waals surface area contributed by atoms with Crippen molar-refractivity contribution in [3.8, 4) is 0 Å². The molecule has 0 radical (unpaired) electrons. The molecule has 4 aromatic rings. The van der Waals surface area contributed by atoms with Crippen molar-refractivity contribution in [3.05, 3.63) is 66.0 Å². The highest BCUT2D eigenvalue weighted by Gasteiger charge is 2.46. The molecule has 2 saturated heterocycles. The second-order valence-corrected chi connectivity index (χ2v) is 10.9. The molecule has 1 atom stereocenters. The van der Waals surface area contributed by atoms with Gasteiger partial charge in [0.25, 0.3) is 0 Å². The fourth-order valence-corrected chi connectivity index (χ4v) is 6.49.